The monoisotopic (exact) mass is 382 g/mol. The van der Waals surface area contributed by atoms with Crippen LogP contribution in [-0.4, -0.2) is 23.4 Å². The molecule has 1 aliphatic rings. The summed E-state index contributed by atoms with van der Waals surface area (Å²) in [5, 5.41) is 3.55. The van der Waals surface area contributed by atoms with Crippen molar-refractivity contribution in [2.75, 3.05) is 6.54 Å². The smallest absolute Gasteiger partial charge is 0.220 e. The van der Waals surface area contributed by atoms with E-state index in [0.717, 1.165) is 24.9 Å². The average molecular weight is 383 g/mol. The Morgan fingerprint density at radius 2 is 2.16 bits per heavy atom. The number of carbonyl (C=O) groups excluding carboxylic acids is 1. The first-order valence-electron chi connectivity index (χ1n) is 8.36. The van der Waals surface area contributed by atoms with Crippen molar-refractivity contribution in [1.82, 2.24) is 10.2 Å². The number of amides is 1. The molecule has 0 spiro atoms. The quantitative estimate of drug-likeness (QED) is 0.846. The second kappa shape index (κ2) is 8.79. The summed E-state index contributed by atoms with van der Waals surface area (Å²) in [5.41, 5.74) is 0.927. The van der Waals surface area contributed by atoms with Gasteiger partial charge in [-0.15, -0.1) is 23.7 Å². The lowest BCUT2D eigenvalue weighted by Gasteiger charge is -2.41. The Kier molecular flexibility index (Phi) is 6.99. The minimum absolute atomic E-state index is 0. The number of aryl methyl sites for hydroxylation is 1. The highest BCUT2D eigenvalue weighted by atomic mass is 35.5. The highest BCUT2D eigenvalue weighted by molar-refractivity contribution is 7.12. The summed E-state index contributed by atoms with van der Waals surface area (Å²) in [6, 6.07) is 11.1. The Hall–Kier alpha value is -1.43. The summed E-state index contributed by atoms with van der Waals surface area (Å²) >= 11 is 1.75. The Morgan fingerprint density at radius 3 is 2.80 bits per heavy atom. The van der Waals surface area contributed by atoms with Gasteiger partial charge in [0, 0.05) is 35.8 Å². The predicted molar refractivity (Wildman–Crippen MR) is 103 cm³/mol. The predicted octanol–water partition coefficient (Wildman–Crippen LogP) is 4.46. The standard InChI is InChI=1S/C19H23FN2OS.ClH/c1-13-8-9-18(24-13)19-17(7-4-10-22(19)14(2)23)21-12-15-5-3-6-16(20)11-15;/h3,5-6,8-9,11,17,19,21H,4,7,10,12H2,1-2H3;1H/t17-,19-;/m1./s1. The highest BCUT2D eigenvalue weighted by Gasteiger charge is 2.34. The molecular weight excluding hydrogens is 359 g/mol. The van der Waals surface area contributed by atoms with Crippen LogP contribution in [0.25, 0.3) is 0 Å². The van der Waals surface area contributed by atoms with Gasteiger partial charge in [0.15, 0.2) is 0 Å². The molecule has 1 N–H and O–H groups in total. The van der Waals surface area contributed by atoms with Crippen LogP contribution in [0.15, 0.2) is 36.4 Å². The summed E-state index contributed by atoms with van der Waals surface area (Å²) in [4.78, 5) is 16.6. The number of nitrogens with zero attached hydrogens (tertiary/aromatic N) is 1. The van der Waals surface area contributed by atoms with Crippen LogP contribution in [0.4, 0.5) is 4.39 Å². The van der Waals surface area contributed by atoms with Gasteiger partial charge in [0.1, 0.15) is 5.82 Å². The summed E-state index contributed by atoms with van der Waals surface area (Å²) < 4.78 is 13.4. The SMILES string of the molecule is CC(=O)N1CCC[C@@H](NCc2cccc(F)c2)[C@@H]1c1ccc(C)s1.Cl. The zero-order chi connectivity index (χ0) is 17.1. The molecule has 2 heterocycles. The number of nitrogens with one attached hydrogen (secondary N) is 1. The fourth-order valence-electron chi connectivity index (χ4n) is 3.42. The lowest BCUT2D eigenvalue weighted by molar-refractivity contribution is -0.133. The van der Waals surface area contributed by atoms with Crippen LogP contribution in [-0.2, 0) is 11.3 Å². The molecule has 0 aliphatic carbocycles. The van der Waals surface area contributed by atoms with Crippen LogP contribution in [0.2, 0.25) is 0 Å². The van der Waals surface area contributed by atoms with E-state index in [4.69, 9.17) is 0 Å². The molecule has 3 rings (SSSR count). The van der Waals surface area contributed by atoms with E-state index in [9.17, 15) is 9.18 Å². The van der Waals surface area contributed by atoms with Crippen molar-refractivity contribution in [3.05, 3.63) is 57.5 Å². The molecule has 0 bridgehead atoms. The molecule has 1 aromatic carbocycles. The zero-order valence-corrected chi connectivity index (χ0v) is 16.1. The summed E-state index contributed by atoms with van der Waals surface area (Å²) in [5.74, 6) is -0.1000. The van der Waals surface area contributed by atoms with Crippen molar-refractivity contribution in [1.29, 1.82) is 0 Å². The number of thiophene rings is 1. The first-order chi connectivity index (χ1) is 11.5. The second-order valence-corrected chi connectivity index (χ2v) is 7.68. The van der Waals surface area contributed by atoms with Gasteiger partial charge in [0.05, 0.1) is 6.04 Å². The normalized spacial score (nSPS) is 20.2. The van der Waals surface area contributed by atoms with E-state index in [1.807, 2.05) is 11.0 Å². The van der Waals surface area contributed by atoms with Gasteiger partial charge in [-0.25, -0.2) is 4.39 Å². The van der Waals surface area contributed by atoms with E-state index in [1.165, 1.54) is 15.8 Å². The maximum atomic E-state index is 13.4. The molecule has 2 atom stereocenters. The molecule has 0 radical (unpaired) electrons. The van der Waals surface area contributed by atoms with Crippen molar-refractivity contribution in [3.8, 4) is 0 Å². The van der Waals surface area contributed by atoms with Crippen molar-refractivity contribution < 1.29 is 9.18 Å². The van der Waals surface area contributed by atoms with Gasteiger partial charge >= 0.3 is 0 Å². The molecule has 25 heavy (non-hydrogen) atoms. The molecule has 1 aliphatic heterocycles. The first-order valence-corrected chi connectivity index (χ1v) is 9.17. The van der Waals surface area contributed by atoms with E-state index >= 15 is 0 Å². The van der Waals surface area contributed by atoms with E-state index in [-0.39, 0.29) is 36.2 Å². The third-order valence-corrected chi connectivity index (χ3v) is 5.62. The minimum Gasteiger partial charge on any atom is -0.334 e. The van der Waals surface area contributed by atoms with Crippen LogP contribution < -0.4 is 5.32 Å². The molecule has 3 nitrogen and oxygen atoms in total. The number of halogens is 2. The van der Waals surface area contributed by atoms with E-state index < -0.39 is 0 Å². The number of benzene rings is 1. The topological polar surface area (TPSA) is 32.3 Å². The van der Waals surface area contributed by atoms with Crippen molar-refractivity contribution in [2.45, 2.75) is 45.3 Å². The number of carbonyl (C=O) groups is 1. The molecule has 1 aromatic heterocycles. The number of hydrogen-bond donors (Lipinski definition) is 1. The van der Waals surface area contributed by atoms with Crippen LogP contribution in [0.1, 0.15) is 41.1 Å². The molecule has 136 valence electrons. The third-order valence-electron chi connectivity index (χ3n) is 4.55. The molecule has 2 aromatic rings. The zero-order valence-electron chi connectivity index (χ0n) is 14.5. The molecule has 6 heteroatoms. The maximum absolute atomic E-state index is 13.4. The molecule has 1 amide bonds. The lowest BCUT2D eigenvalue weighted by atomic mass is 9.94. The molecule has 1 saturated heterocycles. The maximum Gasteiger partial charge on any atom is 0.220 e. The Labute approximate surface area is 158 Å². The molecule has 0 saturated carbocycles. The lowest BCUT2D eigenvalue weighted by Crippen LogP contribution is -2.49. The summed E-state index contributed by atoms with van der Waals surface area (Å²) in [6.07, 6.45) is 2.00. The van der Waals surface area contributed by atoms with Crippen LogP contribution >= 0.6 is 23.7 Å². The minimum atomic E-state index is -0.214. The van der Waals surface area contributed by atoms with Crippen LogP contribution in [0.5, 0.6) is 0 Å². The molecule has 0 unspecified atom stereocenters. The van der Waals surface area contributed by atoms with Gasteiger partial charge in [-0.05, 0) is 49.6 Å². The van der Waals surface area contributed by atoms with Gasteiger partial charge in [-0.2, -0.15) is 0 Å². The summed E-state index contributed by atoms with van der Waals surface area (Å²) in [6.45, 7) is 5.14. The second-order valence-electron chi connectivity index (χ2n) is 6.37. The molecular formula is C19H24ClFN2OS. The van der Waals surface area contributed by atoms with Gasteiger partial charge < -0.3 is 10.2 Å². The van der Waals surface area contributed by atoms with Crippen LogP contribution in [0, 0.1) is 12.7 Å². The fraction of sp³-hybridized carbons (Fsp3) is 0.421. The highest BCUT2D eigenvalue weighted by Crippen LogP contribution is 2.35. The number of piperidine rings is 1. The van der Waals surface area contributed by atoms with Crippen LogP contribution in [0.3, 0.4) is 0 Å². The summed E-state index contributed by atoms with van der Waals surface area (Å²) in [7, 11) is 0. The van der Waals surface area contributed by atoms with Crippen molar-refractivity contribution >= 4 is 29.7 Å². The first kappa shape index (κ1) is 19.9. The average Bonchev–Trinajstić information content (AvgIpc) is 2.98. The van der Waals surface area contributed by atoms with Gasteiger partial charge in [0.25, 0.3) is 0 Å². The largest absolute Gasteiger partial charge is 0.334 e. The van der Waals surface area contributed by atoms with Gasteiger partial charge in [-0.1, -0.05) is 12.1 Å². The molecule has 1 fully saturated rings. The number of hydrogen-bond acceptors (Lipinski definition) is 3. The Bertz CT molecular complexity index is 721. The Balaban J connectivity index is 0.00000225. The van der Waals surface area contributed by atoms with Crippen molar-refractivity contribution in [3.63, 3.8) is 0 Å². The van der Waals surface area contributed by atoms with E-state index in [2.05, 4.69) is 24.4 Å². The van der Waals surface area contributed by atoms with E-state index in [0.29, 0.717) is 6.54 Å². The van der Waals surface area contributed by atoms with Crippen molar-refractivity contribution in [2.24, 2.45) is 0 Å². The van der Waals surface area contributed by atoms with Gasteiger partial charge in [0.2, 0.25) is 5.91 Å². The number of likely N-dealkylation sites (tertiary alicyclic amines) is 1. The van der Waals surface area contributed by atoms with Gasteiger partial charge in [-0.3, -0.25) is 4.79 Å². The fourth-order valence-corrected chi connectivity index (χ4v) is 4.48. The Morgan fingerprint density at radius 1 is 1.36 bits per heavy atom. The number of rotatable bonds is 4. The third kappa shape index (κ3) is 4.81. The van der Waals surface area contributed by atoms with E-state index in [1.54, 1.807) is 30.4 Å².